The molecule has 0 bridgehead atoms. The third kappa shape index (κ3) is 2.84. The van der Waals surface area contributed by atoms with Gasteiger partial charge in [-0.05, 0) is 36.2 Å². The van der Waals surface area contributed by atoms with Crippen molar-refractivity contribution >= 4 is 0 Å². The van der Waals surface area contributed by atoms with Crippen molar-refractivity contribution in [1.82, 2.24) is 0 Å². The molecule has 2 aromatic rings. The van der Waals surface area contributed by atoms with E-state index in [9.17, 15) is 4.39 Å². The van der Waals surface area contributed by atoms with E-state index in [-0.39, 0.29) is 5.82 Å². The molecule has 87 valence electrons. The summed E-state index contributed by atoms with van der Waals surface area (Å²) in [6.45, 7) is 2.76. The van der Waals surface area contributed by atoms with Crippen LogP contribution in [0.5, 0.6) is 5.75 Å². The third-order valence-electron chi connectivity index (χ3n) is 2.45. The lowest BCUT2D eigenvalue weighted by Crippen LogP contribution is -1.94. The highest BCUT2D eigenvalue weighted by Crippen LogP contribution is 2.24. The number of hydrogen-bond donors (Lipinski definition) is 0. The van der Waals surface area contributed by atoms with Gasteiger partial charge in [-0.1, -0.05) is 31.2 Å². The fourth-order valence-electron chi connectivity index (χ4n) is 1.59. The Hall–Kier alpha value is -1.83. The highest BCUT2D eigenvalue weighted by Gasteiger charge is 2.03. The first-order chi connectivity index (χ1) is 8.31. The number of ether oxygens (including phenoxy) is 1. The highest BCUT2D eigenvalue weighted by molar-refractivity contribution is 5.64. The third-order valence-corrected chi connectivity index (χ3v) is 2.45. The summed E-state index contributed by atoms with van der Waals surface area (Å²) in [7, 11) is 0. The highest BCUT2D eigenvalue weighted by atomic mass is 19.1. The van der Waals surface area contributed by atoms with Crippen LogP contribution in [-0.4, -0.2) is 6.61 Å². The molecular weight excluding hydrogens is 215 g/mol. The van der Waals surface area contributed by atoms with Crippen LogP contribution in [0.1, 0.15) is 13.3 Å². The molecule has 0 saturated heterocycles. The normalized spacial score (nSPS) is 10.2. The van der Waals surface area contributed by atoms with Gasteiger partial charge >= 0.3 is 0 Å². The van der Waals surface area contributed by atoms with Crippen molar-refractivity contribution < 1.29 is 9.13 Å². The average Bonchev–Trinajstić information content (AvgIpc) is 2.38. The van der Waals surface area contributed by atoms with Crippen LogP contribution in [0.25, 0.3) is 11.1 Å². The largest absolute Gasteiger partial charge is 0.494 e. The summed E-state index contributed by atoms with van der Waals surface area (Å²) in [5, 5.41) is 0. The lowest BCUT2D eigenvalue weighted by Gasteiger charge is -2.06. The van der Waals surface area contributed by atoms with Gasteiger partial charge in [0.15, 0.2) is 0 Å². The molecule has 1 nitrogen and oxygen atoms in total. The lowest BCUT2D eigenvalue weighted by molar-refractivity contribution is 0.317. The monoisotopic (exact) mass is 229 g/mol. The molecule has 0 atom stereocenters. The summed E-state index contributed by atoms with van der Waals surface area (Å²) in [6, 6.07) is 14.9. The van der Waals surface area contributed by atoms with Crippen LogP contribution in [0.3, 0.4) is 0 Å². The summed E-state index contributed by atoms with van der Waals surface area (Å²) in [4.78, 5) is 0. The van der Waals surface area contributed by atoms with E-state index in [1.54, 1.807) is 12.1 Å². The first-order valence-corrected chi connectivity index (χ1v) is 5.70. The van der Waals surface area contributed by atoms with E-state index in [1.165, 1.54) is 6.07 Å². The van der Waals surface area contributed by atoms with E-state index in [0.717, 1.165) is 17.7 Å². The summed E-state index contributed by atoms with van der Waals surface area (Å²) < 4.78 is 19.0. The van der Waals surface area contributed by atoms with Gasteiger partial charge in [0, 0.05) is 5.56 Å². The standard InChI is InChI=1S/C15H14FO/c1-2-11-17-13-9-7-12(8-10-13)14-5-3-4-6-15(14)16/h3,5-10H,2,11H2,1H3. The molecule has 0 aromatic heterocycles. The van der Waals surface area contributed by atoms with Crippen molar-refractivity contribution in [2.45, 2.75) is 13.3 Å². The van der Waals surface area contributed by atoms with Crippen molar-refractivity contribution in [2.24, 2.45) is 0 Å². The van der Waals surface area contributed by atoms with E-state index >= 15 is 0 Å². The van der Waals surface area contributed by atoms with Gasteiger partial charge in [-0.25, -0.2) is 4.39 Å². The average molecular weight is 229 g/mol. The van der Waals surface area contributed by atoms with Gasteiger partial charge in [0.05, 0.1) is 6.61 Å². The smallest absolute Gasteiger partial charge is 0.131 e. The van der Waals surface area contributed by atoms with Crippen LogP contribution in [0, 0.1) is 11.9 Å². The van der Waals surface area contributed by atoms with Crippen molar-refractivity contribution in [2.75, 3.05) is 6.61 Å². The minimum atomic E-state index is -0.255. The Morgan fingerprint density at radius 3 is 2.59 bits per heavy atom. The van der Waals surface area contributed by atoms with Crippen molar-refractivity contribution in [1.29, 1.82) is 0 Å². The van der Waals surface area contributed by atoms with Crippen LogP contribution in [0.2, 0.25) is 0 Å². The van der Waals surface area contributed by atoms with E-state index in [4.69, 9.17) is 4.74 Å². The Balaban J connectivity index is 2.21. The summed E-state index contributed by atoms with van der Waals surface area (Å²) in [6.07, 6.45) is 0.977. The molecule has 2 heteroatoms. The molecule has 0 N–H and O–H groups in total. The zero-order chi connectivity index (χ0) is 12.1. The van der Waals surface area contributed by atoms with Gasteiger partial charge in [-0.3, -0.25) is 0 Å². The zero-order valence-corrected chi connectivity index (χ0v) is 9.74. The maximum atomic E-state index is 13.5. The Bertz CT molecular complexity index is 477. The Kier molecular flexibility index (Phi) is 3.76. The lowest BCUT2D eigenvalue weighted by atomic mass is 10.1. The fraction of sp³-hybridized carbons (Fsp3) is 0.200. The number of rotatable bonds is 4. The quantitative estimate of drug-likeness (QED) is 0.767. The number of halogens is 1. The molecule has 0 aliphatic rings. The van der Waals surface area contributed by atoms with E-state index in [2.05, 4.69) is 13.0 Å². The predicted molar refractivity (Wildman–Crippen MR) is 66.5 cm³/mol. The first kappa shape index (κ1) is 11.6. The molecule has 0 spiro atoms. The fourth-order valence-corrected chi connectivity index (χ4v) is 1.59. The van der Waals surface area contributed by atoms with Crippen molar-refractivity contribution in [3.63, 3.8) is 0 Å². The van der Waals surface area contributed by atoms with Gasteiger partial charge in [0.25, 0.3) is 0 Å². The molecule has 0 heterocycles. The van der Waals surface area contributed by atoms with Crippen molar-refractivity contribution in [3.8, 4) is 16.9 Å². The predicted octanol–water partition coefficient (Wildman–Crippen LogP) is 4.08. The molecule has 0 aliphatic carbocycles. The molecule has 17 heavy (non-hydrogen) atoms. The molecular formula is C15H14FO. The number of benzene rings is 2. The maximum absolute atomic E-state index is 13.5. The van der Waals surface area contributed by atoms with Crippen molar-refractivity contribution in [3.05, 3.63) is 54.3 Å². The molecule has 0 amide bonds. The van der Waals surface area contributed by atoms with Gasteiger partial charge in [-0.15, -0.1) is 0 Å². The van der Waals surface area contributed by atoms with Crippen LogP contribution in [0.15, 0.2) is 42.5 Å². The topological polar surface area (TPSA) is 9.23 Å². The molecule has 0 saturated carbocycles. The van der Waals surface area contributed by atoms with Gasteiger partial charge < -0.3 is 4.74 Å². The van der Waals surface area contributed by atoms with Gasteiger partial charge in [0.1, 0.15) is 11.6 Å². The maximum Gasteiger partial charge on any atom is 0.131 e. The Labute approximate surface area is 101 Å². The van der Waals surface area contributed by atoms with Gasteiger partial charge in [0.2, 0.25) is 0 Å². The van der Waals surface area contributed by atoms with E-state index < -0.39 is 0 Å². The van der Waals surface area contributed by atoms with Gasteiger partial charge in [-0.2, -0.15) is 0 Å². The molecule has 2 rings (SSSR count). The Morgan fingerprint density at radius 1 is 1.18 bits per heavy atom. The van der Waals surface area contributed by atoms with Crippen LogP contribution < -0.4 is 4.74 Å². The minimum absolute atomic E-state index is 0.255. The molecule has 2 aromatic carbocycles. The second-order valence-corrected chi connectivity index (χ2v) is 3.78. The number of hydrogen-bond acceptors (Lipinski definition) is 1. The summed E-state index contributed by atoms with van der Waals surface area (Å²) in [5.74, 6) is 0.563. The second-order valence-electron chi connectivity index (χ2n) is 3.78. The Morgan fingerprint density at radius 2 is 1.94 bits per heavy atom. The second kappa shape index (κ2) is 5.48. The molecule has 0 fully saturated rings. The minimum Gasteiger partial charge on any atom is -0.494 e. The van der Waals surface area contributed by atoms with Crippen LogP contribution in [-0.2, 0) is 0 Å². The van der Waals surface area contributed by atoms with E-state index in [0.29, 0.717) is 12.2 Å². The summed E-state index contributed by atoms with van der Waals surface area (Å²) in [5.41, 5.74) is 1.44. The van der Waals surface area contributed by atoms with Crippen LogP contribution in [0.4, 0.5) is 4.39 Å². The van der Waals surface area contributed by atoms with Crippen LogP contribution >= 0.6 is 0 Å². The molecule has 0 unspecified atom stereocenters. The van der Waals surface area contributed by atoms with E-state index in [1.807, 2.05) is 24.3 Å². The SMILES string of the molecule is CCCOc1ccc(-c2cc[c]cc2F)cc1. The zero-order valence-electron chi connectivity index (χ0n) is 9.74. The molecule has 1 radical (unpaired) electrons. The summed E-state index contributed by atoms with van der Waals surface area (Å²) >= 11 is 0. The molecule has 0 aliphatic heterocycles. The first-order valence-electron chi connectivity index (χ1n) is 5.70.